The van der Waals surface area contributed by atoms with Gasteiger partial charge in [0.2, 0.25) is 0 Å². The molecule has 6 nitrogen and oxygen atoms in total. The number of halogens is 2. The molecule has 1 saturated heterocycles. The van der Waals surface area contributed by atoms with Gasteiger partial charge in [0.15, 0.2) is 5.82 Å². The molecule has 3 N–H and O–H groups in total. The molecule has 0 amide bonds. The molecule has 188 valence electrons. The second-order valence-corrected chi connectivity index (χ2v) is 11.1. The molecule has 0 radical (unpaired) electrons. The Morgan fingerprint density at radius 3 is 2.51 bits per heavy atom. The maximum Gasteiger partial charge on any atom is 0.175 e. The minimum Gasteiger partial charge on any atom is -0.508 e. The van der Waals surface area contributed by atoms with Crippen molar-refractivity contribution in [2.75, 3.05) is 13.1 Å². The molecule has 0 spiro atoms. The first kappa shape index (κ1) is 22.6. The molecule has 1 unspecified atom stereocenters. The molecule has 2 aliphatic carbocycles. The number of phenolic OH excluding ortho intramolecular Hbond substituents is 1. The van der Waals surface area contributed by atoms with E-state index >= 15 is 4.39 Å². The van der Waals surface area contributed by atoms with E-state index in [0.717, 1.165) is 31.6 Å². The van der Waals surface area contributed by atoms with Gasteiger partial charge in [-0.3, -0.25) is 4.68 Å². The summed E-state index contributed by atoms with van der Waals surface area (Å²) in [4.78, 5) is 4.70. The molecule has 8 heteroatoms. The van der Waals surface area contributed by atoms with E-state index in [-0.39, 0.29) is 39.9 Å². The molecule has 2 aromatic heterocycles. The van der Waals surface area contributed by atoms with Gasteiger partial charge in [0.05, 0.1) is 28.4 Å². The van der Waals surface area contributed by atoms with E-state index in [2.05, 4.69) is 11.2 Å². The number of nitrogens with one attached hydrogen (secondary N) is 1. The van der Waals surface area contributed by atoms with Crippen LogP contribution in [0.4, 0.5) is 8.78 Å². The van der Waals surface area contributed by atoms with Crippen LogP contribution in [0.25, 0.3) is 32.9 Å². The highest BCUT2D eigenvalue weighted by molar-refractivity contribution is 6.03. The lowest BCUT2D eigenvalue weighted by molar-refractivity contribution is 0.0756. The van der Waals surface area contributed by atoms with Crippen LogP contribution in [-0.2, 0) is 5.60 Å². The van der Waals surface area contributed by atoms with Crippen LogP contribution >= 0.6 is 0 Å². The van der Waals surface area contributed by atoms with Gasteiger partial charge in [0.1, 0.15) is 28.4 Å². The van der Waals surface area contributed by atoms with Gasteiger partial charge in [-0.2, -0.15) is 5.10 Å². The average molecular weight is 501 g/mol. The summed E-state index contributed by atoms with van der Waals surface area (Å²) in [5.74, 6) is 2.10. The van der Waals surface area contributed by atoms with Crippen LogP contribution in [0.1, 0.15) is 55.6 Å². The molecular formula is C29H26F2N4O2. The fourth-order valence-electron chi connectivity index (χ4n) is 6.24. The van der Waals surface area contributed by atoms with Crippen molar-refractivity contribution in [1.29, 1.82) is 0 Å². The van der Waals surface area contributed by atoms with Gasteiger partial charge >= 0.3 is 0 Å². The van der Waals surface area contributed by atoms with Crippen LogP contribution < -0.4 is 5.32 Å². The van der Waals surface area contributed by atoms with Gasteiger partial charge in [-0.15, -0.1) is 6.42 Å². The summed E-state index contributed by atoms with van der Waals surface area (Å²) in [6.07, 6.45) is 7.45. The number of aromatic hydroxyl groups is 1. The summed E-state index contributed by atoms with van der Waals surface area (Å²) >= 11 is 0. The number of hydrogen-bond acceptors (Lipinski definition) is 5. The molecule has 3 fully saturated rings. The van der Waals surface area contributed by atoms with E-state index < -0.39 is 17.2 Å². The number of nitrogens with zero attached hydrogens (tertiary/aromatic N) is 3. The van der Waals surface area contributed by atoms with E-state index in [1.807, 2.05) is 0 Å². The predicted octanol–water partition coefficient (Wildman–Crippen LogP) is 4.71. The highest BCUT2D eigenvalue weighted by atomic mass is 19.1. The summed E-state index contributed by atoms with van der Waals surface area (Å²) in [7, 11) is 0. The number of rotatable bonds is 4. The summed E-state index contributed by atoms with van der Waals surface area (Å²) in [5.41, 5.74) is 0.0325. The number of aliphatic hydroxyl groups is 1. The Bertz CT molecular complexity index is 1670. The molecule has 2 saturated carbocycles. The fourth-order valence-corrected chi connectivity index (χ4v) is 6.24. The van der Waals surface area contributed by atoms with E-state index in [0.29, 0.717) is 33.8 Å². The Morgan fingerprint density at radius 1 is 1.14 bits per heavy atom. The van der Waals surface area contributed by atoms with E-state index in [1.165, 1.54) is 24.3 Å². The molecular weight excluding hydrogens is 474 g/mol. The van der Waals surface area contributed by atoms with E-state index in [4.69, 9.17) is 16.5 Å². The number of hydrogen-bond donors (Lipinski definition) is 3. The maximum atomic E-state index is 16.7. The third kappa shape index (κ3) is 3.24. The molecule has 3 aliphatic rings. The smallest absolute Gasteiger partial charge is 0.175 e. The number of phenols is 1. The van der Waals surface area contributed by atoms with Crippen LogP contribution in [0.15, 0.2) is 24.3 Å². The number of benzene rings is 2. The van der Waals surface area contributed by atoms with Crippen molar-refractivity contribution in [3.05, 3.63) is 52.9 Å². The predicted molar refractivity (Wildman–Crippen MR) is 136 cm³/mol. The molecule has 1 aliphatic heterocycles. The van der Waals surface area contributed by atoms with Gasteiger partial charge in [0.25, 0.3) is 0 Å². The topological polar surface area (TPSA) is 83.2 Å². The normalized spacial score (nSPS) is 23.0. The first-order valence-corrected chi connectivity index (χ1v) is 12.7. The Balaban J connectivity index is 1.59. The van der Waals surface area contributed by atoms with Gasteiger partial charge in [-0.1, -0.05) is 12.0 Å². The number of aromatic nitrogens is 3. The average Bonchev–Trinajstić information content (AvgIpc) is 3.72. The number of terminal acetylenes is 1. The summed E-state index contributed by atoms with van der Waals surface area (Å²) in [6, 6.07) is 5.61. The lowest BCUT2D eigenvalue weighted by Gasteiger charge is -2.21. The zero-order chi connectivity index (χ0) is 25.8. The van der Waals surface area contributed by atoms with Crippen LogP contribution in [0.5, 0.6) is 5.75 Å². The highest BCUT2D eigenvalue weighted by Gasteiger charge is 2.56. The van der Waals surface area contributed by atoms with E-state index in [1.54, 1.807) is 18.5 Å². The molecule has 3 atom stereocenters. The van der Waals surface area contributed by atoms with Crippen molar-refractivity contribution >= 4 is 21.7 Å². The van der Waals surface area contributed by atoms with Crippen LogP contribution in [0.3, 0.4) is 0 Å². The van der Waals surface area contributed by atoms with Crippen LogP contribution in [-0.4, -0.2) is 38.1 Å². The Morgan fingerprint density at radius 2 is 1.86 bits per heavy atom. The van der Waals surface area contributed by atoms with Gasteiger partial charge < -0.3 is 15.5 Å². The standard InChI is InChI=1S/C29H26F2N4O2/c1-4-16-20(30)8-5-13-9-15(36)10-17(21(13)16)25-24(31)27-23(28(33-25)29(2,3)37)26(34-35(27)14-6-7-14)22-18-11-32-12-19(18)22/h1,5,8-10,14,18-19,22,32,36-37H,6-7,11-12H2,2-3H3/t18-,19+,22?. The second kappa shape index (κ2) is 7.50. The van der Waals surface area contributed by atoms with Crippen molar-refractivity contribution in [2.24, 2.45) is 11.8 Å². The molecule has 7 rings (SSSR count). The van der Waals surface area contributed by atoms with Crippen molar-refractivity contribution in [1.82, 2.24) is 20.1 Å². The zero-order valence-corrected chi connectivity index (χ0v) is 20.5. The minimum absolute atomic E-state index is 0.0340. The van der Waals surface area contributed by atoms with Gasteiger partial charge in [-0.25, -0.2) is 13.8 Å². The third-order valence-corrected chi connectivity index (χ3v) is 8.14. The zero-order valence-electron chi connectivity index (χ0n) is 20.5. The van der Waals surface area contributed by atoms with Gasteiger partial charge in [0, 0.05) is 16.9 Å². The van der Waals surface area contributed by atoms with Gasteiger partial charge in [-0.05, 0) is 75.2 Å². The SMILES string of the molecule is C#Cc1c(F)ccc2cc(O)cc(-c3nc(C(C)(C)O)c4c(C5[C@H]6CNC[C@@H]56)nn(C5CC5)c4c3F)c12. The number of fused-ring (bicyclic) bond motifs is 3. The monoisotopic (exact) mass is 500 g/mol. The first-order valence-electron chi connectivity index (χ1n) is 12.7. The lowest BCUT2D eigenvalue weighted by atomic mass is 9.93. The minimum atomic E-state index is -1.41. The molecule has 4 aromatic rings. The summed E-state index contributed by atoms with van der Waals surface area (Å²) in [5, 5.41) is 31.4. The quantitative estimate of drug-likeness (QED) is 0.354. The maximum absolute atomic E-state index is 16.7. The summed E-state index contributed by atoms with van der Waals surface area (Å²) < 4.78 is 33.2. The number of pyridine rings is 1. The first-order chi connectivity index (χ1) is 17.7. The van der Waals surface area contributed by atoms with Crippen LogP contribution in [0.2, 0.25) is 0 Å². The Labute approximate surface area is 212 Å². The highest BCUT2D eigenvalue weighted by Crippen LogP contribution is 2.58. The Kier molecular flexibility index (Phi) is 4.59. The number of piperidine rings is 1. The third-order valence-electron chi connectivity index (χ3n) is 8.14. The molecule has 37 heavy (non-hydrogen) atoms. The van der Waals surface area contributed by atoms with Crippen molar-refractivity contribution in [3.8, 4) is 29.4 Å². The van der Waals surface area contributed by atoms with Crippen LogP contribution in [0, 0.1) is 35.8 Å². The molecule has 0 bridgehead atoms. The van der Waals surface area contributed by atoms with E-state index in [9.17, 15) is 14.6 Å². The van der Waals surface area contributed by atoms with Crippen molar-refractivity contribution in [2.45, 2.75) is 44.2 Å². The fraction of sp³-hybridized carbons (Fsp3) is 0.379. The van der Waals surface area contributed by atoms with Crippen molar-refractivity contribution in [3.63, 3.8) is 0 Å². The largest absolute Gasteiger partial charge is 0.508 e. The summed E-state index contributed by atoms with van der Waals surface area (Å²) in [6.45, 7) is 5.04. The Hall–Kier alpha value is -3.54. The lowest BCUT2D eigenvalue weighted by Crippen LogP contribution is -2.20. The second-order valence-electron chi connectivity index (χ2n) is 11.1. The molecule has 2 aromatic carbocycles. The molecule has 3 heterocycles. The van der Waals surface area contributed by atoms with Crippen molar-refractivity contribution < 1.29 is 19.0 Å².